The van der Waals surface area contributed by atoms with Crippen molar-refractivity contribution in [3.63, 3.8) is 0 Å². The summed E-state index contributed by atoms with van der Waals surface area (Å²) >= 11 is 0. The van der Waals surface area contributed by atoms with Crippen LogP contribution >= 0.6 is 0 Å². The predicted molar refractivity (Wildman–Crippen MR) is 84.6 cm³/mol. The number of carbonyl (C=O) groups excluding carboxylic acids is 1. The summed E-state index contributed by atoms with van der Waals surface area (Å²) < 4.78 is 5.01. The number of rotatable bonds is 3. The second kappa shape index (κ2) is 5.75. The molecule has 22 heavy (non-hydrogen) atoms. The average molecular weight is 297 g/mol. The van der Waals surface area contributed by atoms with Gasteiger partial charge in [0.1, 0.15) is 0 Å². The van der Waals surface area contributed by atoms with Gasteiger partial charge in [0.2, 0.25) is 5.95 Å². The van der Waals surface area contributed by atoms with Crippen LogP contribution in [0, 0.1) is 6.92 Å². The Balaban J connectivity index is 1.94. The normalized spacial score (nSPS) is 16.5. The Labute approximate surface area is 130 Å². The molecular formula is C17H19N3O2. The van der Waals surface area contributed by atoms with Gasteiger partial charge in [-0.25, -0.2) is 14.8 Å². The van der Waals surface area contributed by atoms with Crippen LogP contribution in [0.4, 0.5) is 11.6 Å². The molecule has 0 spiro atoms. The van der Waals surface area contributed by atoms with Gasteiger partial charge in [0.05, 0.1) is 17.9 Å². The van der Waals surface area contributed by atoms with Crippen LogP contribution in [0.2, 0.25) is 0 Å². The van der Waals surface area contributed by atoms with Gasteiger partial charge < -0.3 is 9.64 Å². The molecule has 1 aliphatic rings. The van der Waals surface area contributed by atoms with Crippen LogP contribution in [0.25, 0.3) is 0 Å². The van der Waals surface area contributed by atoms with Crippen molar-refractivity contribution < 1.29 is 9.53 Å². The van der Waals surface area contributed by atoms with Crippen LogP contribution < -0.4 is 4.90 Å². The van der Waals surface area contributed by atoms with Crippen molar-refractivity contribution >= 4 is 17.6 Å². The van der Waals surface area contributed by atoms with E-state index in [0.29, 0.717) is 29.7 Å². The fourth-order valence-corrected chi connectivity index (χ4v) is 2.80. The molecule has 1 unspecified atom stereocenters. The first-order valence-corrected chi connectivity index (χ1v) is 7.49. The smallest absolute Gasteiger partial charge is 0.341 e. The van der Waals surface area contributed by atoms with Gasteiger partial charge >= 0.3 is 5.97 Å². The molecule has 5 heteroatoms. The highest BCUT2D eigenvalue weighted by Crippen LogP contribution is 2.39. The third-order valence-corrected chi connectivity index (χ3v) is 3.92. The summed E-state index contributed by atoms with van der Waals surface area (Å²) in [5, 5.41) is 0. The molecule has 0 bridgehead atoms. The number of nitrogens with zero attached hydrogens (tertiary/aromatic N) is 3. The van der Waals surface area contributed by atoms with Crippen molar-refractivity contribution in [2.45, 2.75) is 26.7 Å². The molecule has 2 heterocycles. The maximum atomic E-state index is 11.8. The van der Waals surface area contributed by atoms with E-state index < -0.39 is 0 Å². The van der Waals surface area contributed by atoms with Crippen molar-refractivity contribution in [3.8, 4) is 0 Å². The number of aromatic nitrogens is 2. The number of ether oxygens (including phenoxy) is 1. The second-order valence-corrected chi connectivity index (χ2v) is 5.46. The standard InChI is InChI=1S/C17H19N3O2/c1-4-22-16(21)14-9-18-17(19-12(14)3)20-10-11(2)13-7-5-6-8-15(13)20/h5-9,11H,4,10H2,1-3H3. The van der Waals surface area contributed by atoms with Gasteiger partial charge in [0, 0.05) is 24.3 Å². The van der Waals surface area contributed by atoms with E-state index in [1.807, 2.05) is 13.0 Å². The Bertz CT molecular complexity index is 715. The lowest BCUT2D eigenvalue weighted by atomic mass is 10.0. The summed E-state index contributed by atoms with van der Waals surface area (Å²) in [5.74, 6) is 0.689. The largest absolute Gasteiger partial charge is 0.462 e. The molecule has 1 atom stereocenters. The van der Waals surface area contributed by atoms with Crippen molar-refractivity contribution in [1.82, 2.24) is 9.97 Å². The van der Waals surface area contributed by atoms with E-state index in [1.54, 1.807) is 13.1 Å². The zero-order valence-corrected chi connectivity index (χ0v) is 13.0. The van der Waals surface area contributed by atoms with Crippen molar-refractivity contribution in [1.29, 1.82) is 0 Å². The Morgan fingerprint density at radius 2 is 2.18 bits per heavy atom. The molecule has 114 valence electrons. The minimum atomic E-state index is -0.373. The second-order valence-electron chi connectivity index (χ2n) is 5.46. The van der Waals surface area contributed by atoms with Crippen LogP contribution in [-0.4, -0.2) is 29.1 Å². The van der Waals surface area contributed by atoms with E-state index in [1.165, 1.54) is 5.56 Å². The topological polar surface area (TPSA) is 55.3 Å². The van der Waals surface area contributed by atoms with Gasteiger partial charge in [0.15, 0.2) is 0 Å². The molecule has 0 saturated heterocycles. The fourth-order valence-electron chi connectivity index (χ4n) is 2.80. The van der Waals surface area contributed by atoms with E-state index in [0.717, 1.165) is 12.2 Å². The summed E-state index contributed by atoms with van der Waals surface area (Å²) in [7, 11) is 0. The lowest BCUT2D eigenvalue weighted by Crippen LogP contribution is -2.19. The molecule has 0 N–H and O–H groups in total. The third-order valence-electron chi connectivity index (χ3n) is 3.92. The first-order chi connectivity index (χ1) is 10.6. The SMILES string of the molecule is CCOC(=O)c1cnc(N2CC(C)c3ccccc32)nc1C. The maximum absolute atomic E-state index is 11.8. The quantitative estimate of drug-likeness (QED) is 0.814. The Morgan fingerprint density at radius 1 is 1.41 bits per heavy atom. The van der Waals surface area contributed by atoms with Gasteiger partial charge in [-0.1, -0.05) is 25.1 Å². The highest BCUT2D eigenvalue weighted by Gasteiger charge is 2.28. The summed E-state index contributed by atoms with van der Waals surface area (Å²) in [4.78, 5) is 22.8. The van der Waals surface area contributed by atoms with E-state index in [9.17, 15) is 4.79 Å². The van der Waals surface area contributed by atoms with Gasteiger partial charge in [-0.15, -0.1) is 0 Å². The molecule has 0 fully saturated rings. The molecule has 0 radical (unpaired) electrons. The number of fused-ring (bicyclic) bond motifs is 1. The first-order valence-electron chi connectivity index (χ1n) is 7.49. The van der Waals surface area contributed by atoms with Gasteiger partial charge in [0.25, 0.3) is 0 Å². The van der Waals surface area contributed by atoms with Crippen molar-refractivity contribution in [2.75, 3.05) is 18.1 Å². The lowest BCUT2D eigenvalue weighted by molar-refractivity contribution is 0.0524. The molecule has 0 amide bonds. The third kappa shape index (κ3) is 2.43. The average Bonchev–Trinajstić information content (AvgIpc) is 2.85. The maximum Gasteiger partial charge on any atom is 0.341 e. The molecule has 0 aliphatic carbocycles. The van der Waals surface area contributed by atoms with E-state index in [4.69, 9.17) is 4.74 Å². The van der Waals surface area contributed by atoms with Gasteiger partial charge in [-0.05, 0) is 25.5 Å². The number of hydrogen-bond acceptors (Lipinski definition) is 5. The predicted octanol–water partition coefficient (Wildman–Crippen LogP) is 3.22. The molecule has 1 aliphatic heterocycles. The molecule has 2 aromatic rings. The minimum absolute atomic E-state index is 0.344. The Morgan fingerprint density at radius 3 is 2.91 bits per heavy atom. The highest BCUT2D eigenvalue weighted by molar-refractivity contribution is 5.90. The lowest BCUT2D eigenvalue weighted by Gasteiger charge is -2.18. The van der Waals surface area contributed by atoms with E-state index >= 15 is 0 Å². The van der Waals surface area contributed by atoms with Crippen LogP contribution in [0.15, 0.2) is 30.5 Å². The van der Waals surface area contributed by atoms with Gasteiger partial charge in [-0.2, -0.15) is 0 Å². The van der Waals surface area contributed by atoms with Crippen molar-refractivity contribution in [2.24, 2.45) is 0 Å². The highest BCUT2D eigenvalue weighted by atomic mass is 16.5. The number of benzene rings is 1. The Hall–Kier alpha value is -2.43. The summed E-state index contributed by atoms with van der Waals surface area (Å²) in [6, 6.07) is 8.29. The zero-order valence-electron chi connectivity index (χ0n) is 13.0. The number of hydrogen-bond donors (Lipinski definition) is 0. The van der Waals surface area contributed by atoms with Gasteiger partial charge in [-0.3, -0.25) is 0 Å². The van der Waals surface area contributed by atoms with Crippen LogP contribution in [-0.2, 0) is 4.74 Å². The van der Waals surface area contributed by atoms with Crippen LogP contribution in [0.1, 0.15) is 41.4 Å². The first kappa shape index (κ1) is 14.5. The summed E-state index contributed by atoms with van der Waals surface area (Å²) in [6.45, 7) is 6.97. The zero-order chi connectivity index (χ0) is 15.7. The van der Waals surface area contributed by atoms with Crippen molar-refractivity contribution in [3.05, 3.63) is 47.3 Å². The number of para-hydroxylation sites is 1. The molecule has 1 aromatic carbocycles. The van der Waals surface area contributed by atoms with E-state index in [-0.39, 0.29) is 5.97 Å². The van der Waals surface area contributed by atoms with Crippen LogP contribution in [0.3, 0.4) is 0 Å². The fraction of sp³-hybridized carbons (Fsp3) is 0.353. The minimum Gasteiger partial charge on any atom is -0.462 e. The number of aryl methyl sites for hydroxylation is 1. The molecule has 1 aromatic heterocycles. The number of anilines is 2. The molecule has 5 nitrogen and oxygen atoms in total. The number of esters is 1. The number of carbonyl (C=O) groups is 1. The molecule has 0 saturated carbocycles. The van der Waals surface area contributed by atoms with E-state index in [2.05, 4.69) is 40.0 Å². The monoisotopic (exact) mass is 297 g/mol. The molecule has 3 rings (SSSR count). The Kier molecular flexibility index (Phi) is 3.79. The molecular weight excluding hydrogens is 278 g/mol. The summed E-state index contributed by atoms with van der Waals surface area (Å²) in [5.41, 5.74) is 3.50. The summed E-state index contributed by atoms with van der Waals surface area (Å²) in [6.07, 6.45) is 1.56. The van der Waals surface area contributed by atoms with Crippen LogP contribution in [0.5, 0.6) is 0 Å².